The van der Waals surface area contributed by atoms with Gasteiger partial charge in [0.2, 0.25) is 11.8 Å². The minimum Gasteiger partial charge on any atom is -0.481 e. The van der Waals surface area contributed by atoms with Gasteiger partial charge in [-0.05, 0) is 43.5 Å². The second kappa shape index (κ2) is 11.2. The fourth-order valence-electron chi connectivity index (χ4n) is 4.78. The van der Waals surface area contributed by atoms with Crippen LogP contribution in [0.1, 0.15) is 35.2 Å². The first-order valence-corrected chi connectivity index (χ1v) is 12.0. The predicted octanol–water partition coefficient (Wildman–Crippen LogP) is 2.70. The summed E-state index contributed by atoms with van der Waals surface area (Å²) in [7, 11) is 1.59. The van der Waals surface area contributed by atoms with E-state index in [1.807, 2.05) is 18.3 Å². The van der Waals surface area contributed by atoms with Crippen molar-refractivity contribution in [3.8, 4) is 5.88 Å². The Labute approximate surface area is 207 Å². The van der Waals surface area contributed by atoms with Crippen LogP contribution in [0.5, 0.6) is 5.88 Å². The molecule has 2 aliphatic rings. The van der Waals surface area contributed by atoms with Crippen molar-refractivity contribution in [3.63, 3.8) is 0 Å². The molecule has 1 atom stereocenters. The van der Waals surface area contributed by atoms with E-state index in [9.17, 15) is 22.8 Å². The van der Waals surface area contributed by atoms with Gasteiger partial charge in [0.25, 0.3) is 5.91 Å². The van der Waals surface area contributed by atoms with Gasteiger partial charge in [-0.2, -0.15) is 13.2 Å². The number of ether oxygens (including phenoxy) is 1. The van der Waals surface area contributed by atoms with E-state index in [0.717, 1.165) is 63.3 Å². The van der Waals surface area contributed by atoms with Crippen LogP contribution in [-0.4, -0.2) is 73.6 Å². The van der Waals surface area contributed by atoms with Crippen molar-refractivity contribution in [2.75, 3.05) is 44.7 Å². The van der Waals surface area contributed by atoms with Gasteiger partial charge >= 0.3 is 6.18 Å². The van der Waals surface area contributed by atoms with Crippen LogP contribution in [0, 0.1) is 0 Å². The number of aromatic nitrogens is 1. The maximum atomic E-state index is 12.9. The summed E-state index contributed by atoms with van der Waals surface area (Å²) in [6.07, 6.45) is 0.132. The maximum absolute atomic E-state index is 12.9. The molecule has 4 rings (SSSR count). The zero-order chi connectivity index (χ0) is 25.7. The van der Waals surface area contributed by atoms with E-state index in [1.54, 1.807) is 7.11 Å². The number of nitrogens with one attached hydrogen (secondary N) is 2. The monoisotopic (exact) mass is 505 g/mol. The molecule has 2 aliphatic heterocycles. The van der Waals surface area contributed by atoms with Crippen LogP contribution in [0.25, 0.3) is 0 Å². The Hall–Kier alpha value is -3.34. The Morgan fingerprint density at radius 1 is 1.11 bits per heavy atom. The Bertz CT molecular complexity index is 1060. The van der Waals surface area contributed by atoms with Crippen LogP contribution in [0.3, 0.4) is 0 Å². The average Bonchev–Trinajstić information content (AvgIpc) is 3.35. The van der Waals surface area contributed by atoms with Gasteiger partial charge in [0, 0.05) is 49.9 Å². The number of likely N-dealkylation sites (tertiary alicyclic amines) is 1. The van der Waals surface area contributed by atoms with Crippen LogP contribution in [0.2, 0.25) is 0 Å². The fourth-order valence-corrected chi connectivity index (χ4v) is 4.78. The van der Waals surface area contributed by atoms with Crippen LogP contribution < -0.4 is 20.3 Å². The molecule has 2 saturated heterocycles. The summed E-state index contributed by atoms with van der Waals surface area (Å²) in [5.41, 5.74) is 0.0339. The van der Waals surface area contributed by atoms with Crippen molar-refractivity contribution >= 4 is 17.5 Å². The van der Waals surface area contributed by atoms with Gasteiger partial charge < -0.3 is 20.3 Å². The first kappa shape index (κ1) is 25.7. The lowest BCUT2D eigenvalue weighted by Crippen LogP contribution is -2.46. The number of benzene rings is 1. The van der Waals surface area contributed by atoms with Crippen LogP contribution in [0.15, 0.2) is 42.6 Å². The molecule has 1 unspecified atom stereocenters. The normalized spacial score (nSPS) is 19.2. The van der Waals surface area contributed by atoms with Crippen molar-refractivity contribution in [3.05, 3.63) is 53.7 Å². The third-order valence-corrected chi connectivity index (χ3v) is 6.72. The summed E-state index contributed by atoms with van der Waals surface area (Å²) in [6, 6.07) is 8.42. The lowest BCUT2D eigenvalue weighted by molar-refractivity contribution is -0.137. The lowest BCUT2D eigenvalue weighted by Gasteiger charge is -2.37. The number of rotatable bonds is 7. The molecule has 36 heavy (non-hydrogen) atoms. The van der Waals surface area contributed by atoms with Crippen molar-refractivity contribution in [1.29, 1.82) is 0 Å². The average molecular weight is 506 g/mol. The highest BCUT2D eigenvalue weighted by atomic mass is 19.4. The van der Waals surface area contributed by atoms with Gasteiger partial charge in [0.15, 0.2) is 0 Å². The molecule has 0 radical (unpaired) electrons. The number of alkyl halides is 3. The smallest absolute Gasteiger partial charge is 0.416 e. The molecular weight excluding hydrogens is 475 g/mol. The molecule has 2 amide bonds. The number of hydrogen-bond acceptors (Lipinski definition) is 6. The van der Waals surface area contributed by atoms with E-state index in [1.165, 1.54) is 12.1 Å². The van der Waals surface area contributed by atoms with Crippen molar-refractivity contribution in [1.82, 2.24) is 20.5 Å². The van der Waals surface area contributed by atoms with Crippen LogP contribution >= 0.6 is 0 Å². The van der Waals surface area contributed by atoms with Crippen molar-refractivity contribution < 1.29 is 27.5 Å². The highest BCUT2D eigenvalue weighted by molar-refractivity contribution is 5.96. The molecule has 0 saturated carbocycles. The minimum absolute atomic E-state index is 0.0215. The Morgan fingerprint density at radius 3 is 2.56 bits per heavy atom. The predicted molar refractivity (Wildman–Crippen MR) is 128 cm³/mol. The molecular formula is C25H30F3N5O3. The van der Waals surface area contributed by atoms with E-state index in [-0.39, 0.29) is 24.1 Å². The van der Waals surface area contributed by atoms with Gasteiger partial charge in [-0.15, -0.1) is 0 Å². The lowest BCUT2D eigenvalue weighted by atomic mass is 10.0. The quantitative estimate of drug-likeness (QED) is 0.602. The molecule has 2 aromatic rings. The summed E-state index contributed by atoms with van der Waals surface area (Å²) in [4.78, 5) is 33.5. The Kier molecular flexibility index (Phi) is 7.97. The molecule has 2 N–H and O–H groups in total. The molecule has 1 aromatic carbocycles. The fraction of sp³-hybridized carbons (Fsp3) is 0.480. The maximum Gasteiger partial charge on any atom is 0.416 e. The molecule has 11 heteroatoms. The highest BCUT2D eigenvalue weighted by Gasteiger charge is 2.32. The number of halogens is 3. The molecule has 1 aromatic heterocycles. The van der Waals surface area contributed by atoms with E-state index < -0.39 is 17.6 Å². The summed E-state index contributed by atoms with van der Waals surface area (Å²) in [6.45, 7) is 3.18. The molecule has 0 aliphatic carbocycles. The first-order valence-electron chi connectivity index (χ1n) is 12.0. The zero-order valence-electron chi connectivity index (χ0n) is 20.1. The van der Waals surface area contributed by atoms with Crippen LogP contribution in [-0.2, 0) is 11.0 Å². The second-order valence-corrected chi connectivity index (χ2v) is 9.09. The first-order chi connectivity index (χ1) is 17.2. The highest BCUT2D eigenvalue weighted by Crippen LogP contribution is 2.29. The molecule has 3 heterocycles. The van der Waals surface area contributed by atoms with Gasteiger partial charge in [0.05, 0.1) is 31.1 Å². The van der Waals surface area contributed by atoms with E-state index in [2.05, 4.69) is 25.4 Å². The van der Waals surface area contributed by atoms with Crippen molar-refractivity contribution in [2.45, 2.75) is 37.5 Å². The number of hydrogen-bond donors (Lipinski definition) is 2. The summed E-state index contributed by atoms with van der Waals surface area (Å²) in [5.74, 6) is -0.485. The third kappa shape index (κ3) is 6.45. The number of amides is 2. The van der Waals surface area contributed by atoms with Crippen molar-refractivity contribution in [2.24, 2.45) is 0 Å². The standard InChI is InChI=1S/C25H30F3N5O3/c1-36-23-6-5-21(14-29-23)32-11-8-20(9-12-32)33-10-7-19(16-33)31-22(34)15-30-24(35)17-3-2-4-18(13-17)25(26,27)28/h2-6,13-14,19-20H,7-12,15-16H2,1H3,(H,30,35)(H,31,34). The molecule has 0 spiro atoms. The summed E-state index contributed by atoms with van der Waals surface area (Å²) >= 11 is 0. The number of piperidine rings is 1. The topological polar surface area (TPSA) is 86.8 Å². The molecule has 8 nitrogen and oxygen atoms in total. The summed E-state index contributed by atoms with van der Waals surface area (Å²) < 4.78 is 43.7. The number of carbonyl (C=O) groups is 2. The third-order valence-electron chi connectivity index (χ3n) is 6.72. The Balaban J connectivity index is 1.19. The number of pyridine rings is 1. The van der Waals surface area contributed by atoms with E-state index >= 15 is 0 Å². The van der Waals surface area contributed by atoms with E-state index in [0.29, 0.717) is 11.9 Å². The Morgan fingerprint density at radius 2 is 1.89 bits per heavy atom. The van der Waals surface area contributed by atoms with E-state index in [4.69, 9.17) is 4.74 Å². The number of carbonyl (C=O) groups excluding carboxylic acids is 2. The van der Waals surface area contributed by atoms with Crippen LogP contribution in [0.4, 0.5) is 18.9 Å². The number of nitrogens with zero attached hydrogens (tertiary/aromatic N) is 3. The second-order valence-electron chi connectivity index (χ2n) is 9.09. The minimum atomic E-state index is -4.54. The largest absolute Gasteiger partial charge is 0.481 e. The van der Waals surface area contributed by atoms with Gasteiger partial charge in [0.1, 0.15) is 0 Å². The van der Waals surface area contributed by atoms with Gasteiger partial charge in [-0.3, -0.25) is 14.5 Å². The van der Waals surface area contributed by atoms with Gasteiger partial charge in [-0.25, -0.2) is 4.98 Å². The molecule has 194 valence electrons. The van der Waals surface area contributed by atoms with Gasteiger partial charge in [-0.1, -0.05) is 6.07 Å². The number of anilines is 1. The SMILES string of the molecule is COc1ccc(N2CCC(N3CCC(NC(=O)CNC(=O)c4cccc(C(F)(F)F)c4)C3)CC2)cn1. The number of methoxy groups -OCH3 is 1. The molecule has 2 fully saturated rings. The summed E-state index contributed by atoms with van der Waals surface area (Å²) in [5, 5.41) is 5.33. The zero-order valence-corrected chi connectivity index (χ0v) is 20.1. The molecule has 0 bridgehead atoms.